The number of nitrogens with one attached hydrogen (secondary N) is 1. The van der Waals surface area contributed by atoms with E-state index in [-0.39, 0.29) is 23.9 Å². The lowest BCUT2D eigenvalue weighted by Crippen LogP contribution is -2.33. The fourth-order valence-corrected chi connectivity index (χ4v) is 5.03. The zero-order valence-corrected chi connectivity index (χ0v) is 23.4. The first-order chi connectivity index (χ1) is 17.7. The number of aromatic carboxylic acids is 1. The molecule has 1 aromatic heterocycles. The van der Waals surface area contributed by atoms with E-state index in [0.717, 1.165) is 48.3 Å². The Balaban J connectivity index is 1.94. The number of aromatic nitrogens is 2. The molecule has 1 unspecified atom stereocenters. The minimum Gasteiger partial charge on any atom is -0.478 e. The third kappa shape index (κ3) is 7.62. The molecule has 0 spiro atoms. The van der Waals surface area contributed by atoms with Gasteiger partial charge in [0.15, 0.2) is 5.15 Å². The largest absolute Gasteiger partial charge is 0.478 e. The zero-order chi connectivity index (χ0) is 26.9. The maximum absolute atomic E-state index is 12.9. The van der Waals surface area contributed by atoms with Crippen LogP contribution in [0.3, 0.4) is 0 Å². The summed E-state index contributed by atoms with van der Waals surface area (Å²) >= 11 is 11.0. The summed E-state index contributed by atoms with van der Waals surface area (Å²) in [6.07, 6.45) is 3.50. The molecule has 1 heterocycles. The van der Waals surface area contributed by atoms with E-state index in [1.807, 2.05) is 42.5 Å². The van der Waals surface area contributed by atoms with Crippen molar-refractivity contribution in [2.75, 3.05) is 5.75 Å². The Kier molecular flexibility index (Phi) is 10.6. The lowest BCUT2D eigenvalue weighted by molar-refractivity contribution is -0.124. The number of hydrogen-bond donors (Lipinski definition) is 3. The van der Waals surface area contributed by atoms with Gasteiger partial charge in [-0.15, -0.1) is 0 Å². The third-order valence-corrected chi connectivity index (χ3v) is 7.12. The Labute approximate surface area is 229 Å². The maximum atomic E-state index is 12.9. The van der Waals surface area contributed by atoms with E-state index < -0.39 is 5.97 Å². The fraction of sp³-hybridized carbons (Fsp3) is 0.414. The molecule has 0 saturated carbocycles. The summed E-state index contributed by atoms with van der Waals surface area (Å²) in [5.74, 6) is 0.549. The molecular formula is C29H36ClN3O3S. The number of carboxylic acid groups (broad SMARTS) is 1. The lowest BCUT2D eigenvalue weighted by Gasteiger charge is -2.18. The number of amides is 1. The number of halogens is 1. The van der Waals surface area contributed by atoms with E-state index in [1.54, 1.807) is 6.07 Å². The Morgan fingerprint density at radius 3 is 2.51 bits per heavy atom. The van der Waals surface area contributed by atoms with Gasteiger partial charge in [0.05, 0.1) is 17.8 Å². The number of carboxylic acids is 1. The number of unbranched alkanes of at least 4 members (excludes halogenated alkanes) is 1. The van der Waals surface area contributed by atoms with Gasteiger partial charge >= 0.3 is 5.97 Å². The standard InChI is InChI=1S/C29H36ClN3O3S/c1-4-5-11-26-32-27(30)25(16-31-28(34)22(18-37)14-19(2)3)33(26)17-20-12-13-23(29(35)36)24(15-20)21-9-7-6-8-10-21/h6-10,12-13,15,19,22,37H,4-5,11,14,16-18H2,1-3H3,(H,31,34)(H,35,36). The maximum Gasteiger partial charge on any atom is 0.336 e. The van der Waals surface area contributed by atoms with Gasteiger partial charge in [-0.25, -0.2) is 9.78 Å². The molecule has 1 atom stereocenters. The summed E-state index contributed by atoms with van der Waals surface area (Å²) in [7, 11) is 0. The van der Waals surface area contributed by atoms with E-state index in [0.29, 0.717) is 28.9 Å². The quantitative estimate of drug-likeness (QED) is 0.216. The topological polar surface area (TPSA) is 84.2 Å². The van der Waals surface area contributed by atoms with Crippen LogP contribution in [0.1, 0.15) is 67.5 Å². The Bertz CT molecular complexity index is 1210. The summed E-state index contributed by atoms with van der Waals surface area (Å²) in [5, 5.41) is 13.2. The van der Waals surface area contributed by atoms with Gasteiger partial charge in [0, 0.05) is 24.6 Å². The number of aryl methyl sites for hydroxylation is 1. The highest BCUT2D eigenvalue weighted by Gasteiger charge is 2.22. The number of nitrogens with zero attached hydrogens (tertiary/aromatic N) is 2. The molecule has 6 nitrogen and oxygen atoms in total. The van der Waals surface area contributed by atoms with Crippen LogP contribution in [-0.2, 0) is 24.3 Å². The summed E-state index contributed by atoms with van der Waals surface area (Å²) in [5.41, 5.74) is 3.42. The molecule has 2 aromatic carbocycles. The third-order valence-electron chi connectivity index (χ3n) is 6.37. The van der Waals surface area contributed by atoms with Gasteiger partial charge in [0.1, 0.15) is 5.82 Å². The van der Waals surface area contributed by atoms with Crippen LogP contribution in [0.5, 0.6) is 0 Å². The molecular weight excluding hydrogens is 506 g/mol. The van der Waals surface area contributed by atoms with Crippen molar-refractivity contribution in [2.24, 2.45) is 11.8 Å². The van der Waals surface area contributed by atoms with Crippen molar-refractivity contribution in [3.63, 3.8) is 0 Å². The van der Waals surface area contributed by atoms with Crippen LogP contribution in [0.2, 0.25) is 5.15 Å². The number of imidazole rings is 1. The second kappa shape index (κ2) is 13.7. The van der Waals surface area contributed by atoms with Gasteiger partial charge in [0.2, 0.25) is 5.91 Å². The lowest BCUT2D eigenvalue weighted by atomic mass is 9.97. The Morgan fingerprint density at radius 2 is 1.89 bits per heavy atom. The van der Waals surface area contributed by atoms with Crippen LogP contribution < -0.4 is 5.32 Å². The summed E-state index contributed by atoms with van der Waals surface area (Å²) in [4.78, 5) is 29.4. The number of rotatable bonds is 13. The van der Waals surface area contributed by atoms with Gasteiger partial charge in [-0.1, -0.05) is 75.2 Å². The van der Waals surface area contributed by atoms with Crippen LogP contribution in [-0.4, -0.2) is 32.3 Å². The molecule has 37 heavy (non-hydrogen) atoms. The molecule has 0 radical (unpaired) electrons. The van der Waals surface area contributed by atoms with Crippen LogP contribution >= 0.6 is 24.2 Å². The van der Waals surface area contributed by atoms with Gasteiger partial charge in [-0.3, -0.25) is 4.79 Å². The monoisotopic (exact) mass is 541 g/mol. The molecule has 0 saturated heterocycles. The number of benzene rings is 2. The summed E-state index contributed by atoms with van der Waals surface area (Å²) in [6.45, 7) is 7.03. The molecule has 3 aromatic rings. The molecule has 2 N–H and O–H groups in total. The SMILES string of the molecule is CCCCc1nc(Cl)c(CNC(=O)C(CS)CC(C)C)n1Cc1ccc(C(=O)O)c(-c2ccccc2)c1. The molecule has 0 aliphatic heterocycles. The van der Waals surface area contributed by atoms with Crippen LogP contribution in [0.25, 0.3) is 11.1 Å². The molecule has 3 rings (SSSR count). The number of thiol groups is 1. The molecule has 198 valence electrons. The van der Waals surface area contributed by atoms with Gasteiger partial charge in [-0.05, 0) is 47.6 Å². The Morgan fingerprint density at radius 1 is 1.16 bits per heavy atom. The first-order valence-corrected chi connectivity index (χ1v) is 13.8. The summed E-state index contributed by atoms with van der Waals surface area (Å²) < 4.78 is 2.06. The first-order valence-electron chi connectivity index (χ1n) is 12.8. The summed E-state index contributed by atoms with van der Waals surface area (Å²) in [6, 6.07) is 14.9. The van der Waals surface area contributed by atoms with Crippen molar-refractivity contribution in [1.29, 1.82) is 0 Å². The van der Waals surface area contributed by atoms with Crippen LogP contribution in [0, 0.1) is 11.8 Å². The van der Waals surface area contributed by atoms with Gasteiger partial charge in [-0.2, -0.15) is 12.6 Å². The number of hydrogen-bond acceptors (Lipinski definition) is 4. The van der Waals surface area contributed by atoms with Crippen molar-refractivity contribution in [3.8, 4) is 11.1 Å². The predicted octanol–water partition coefficient (Wildman–Crippen LogP) is 6.50. The van der Waals surface area contributed by atoms with E-state index >= 15 is 0 Å². The average molecular weight is 542 g/mol. The predicted molar refractivity (Wildman–Crippen MR) is 152 cm³/mol. The second-order valence-corrected chi connectivity index (χ2v) is 10.5. The highest BCUT2D eigenvalue weighted by atomic mass is 35.5. The minimum absolute atomic E-state index is 0.0419. The van der Waals surface area contributed by atoms with E-state index in [2.05, 4.69) is 48.3 Å². The van der Waals surface area contributed by atoms with Crippen molar-refractivity contribution in [1.82, 2.24) is 14.9 Å². The first kappa shape index (κ1) is 28.8. The molecule has 8 heteroatoms. The number of carbonyl (C=O) groups excluding carboxylic acids is 1. The molecule has 0 aliphatic rings. The van der Waals surface area contributed by atoms with Crippen molar-refractivity contribution in [3.05, 3.63) is 76.3 Å². The Hall–Kier alpha value is -2.77. The van der Waals surface area contributed by atoms with E-state index in [4.69, 9.17) is 11.6 Å². The molecule has 0 bridgehead atoms. The molecule has 0 fully saturated rings. The number of carbonyl (C=O) groups is 2. The van der Waals surface area contributed by atoms with E-state index in [1.165, 1.54) is 0 Å². The highest BCUT2D eigenvalue weighted by Crippen LogP contribution is 2.27. The van der Waals surface area contributed by atoms with Crippen LogP contribution in [0.15, 0.2) is 48.5 Å². The van der Waals surface area contributed by atoms with E-state index in [9.17, 15) is 14.7 Å². The fourth-order valence-electron chi connectivity index (χ4n) is 4.45. The average Bonchev–Trinajstić information content (AvgIpc) is 3.18. The second-order valence-electron chi connectivity index (χ2n) is 9.73. The highest BCUT2D eigenvalue weighted by molar-refractivity contribution is 7.80. The van der Waals surface area contributed by atoms with Gasteiger partial charge in [0.25, 0.3) is 0 Å². The smallest absolute Gasteiger partial charge is 0.336 e. The van der Waals surface area contributed by atoms with Gasteiger partial charge < -0.3 is 15.0 Å². The minimum atomic E-state index is -0.969. The van der Waals surface area contributed by atoms with Crippen molar-refractivity contribution >= 4 is 36.1 Å². The van der Waals surface area contributed by atoms with Crippen molar-refractivity contribution in [2.45, 2.75) is 59.5 Å². The van der Waals surface area contributed by atoms with Crippen molar-refractivity contribution < 1.29 is 14.7 Å². The normalized spacial score (nSPS) is 12.1. The molecule has 0 aliphatic carbocycles. The van der Waals surface area contributed by atoms with Crippen LogP contribution in [0.4, 0.5) is 0 Å². The molecule has 1 amide bonds. The zero-order valence-electron chi connectivity index (χ0n) is 21.7.